The monoisotopic (exact) mass is 469 g/mol. The third-order valence-electron chi connectivity index (χ3n) is 4.34. The number of nitrogens with one attached hydrogen (secondary N) is 1. The molecule has 0 unspecified atom stereocenters. The normalized spacial score (nSPS) is 15.9. The van der Waals surface area contributed by atoms with Gasteiger partial charge in [-0.1, -0.05) is 17.6 Å². The van der Waals surface area contributed by atoms with Crippen LogP contribution in [0.3, 0.4) is 0 Å². The van der Waals surface area contributed by atoms with Crippen LogP contribution in [0, 0.1) is 0 Å². The minimum absolute atomic E-state index is 0.00591. The molecule has 2 rings (SSSR count). The number of hydroxylamine groups is 2. The summed E-state index contributed by atoms with van der Waals surface area (Å²) in [5, 5.41) is 13.7. The molecule has 32 heavy (non-hydrogen) atoms. The minimum atomic E-state index is -4.79. The average Bonchev–Trinajstić information content (AvgIpc) is 2.99. The topological polar surface area (TPSA) is 216 Å². The van der Waals surface area contributed by atoms with Crippen molar-refractivity contribution in [2.75, 3.05) is 6.54 Å². The van der Waals surface area contributed by atoms with E-state index in [-0.39, 0.29) is 35.0 Å². The van der Waals surface area contributed by atoms with Crippen LogP contribution in [-0.2, 0) is 29.3 Å². The molecule has 0 aromatic heterocycles. The second-order valence-electron chi connectivity index (χ2n) is 6.65. The lowest BCUT2D eigenvalue weighted by Crippen LogP contribution is -2.36. The number of hydrogen-bond donors (Lipinski definition) is 3. The number of aromatic hydroxyl groups is 1. The molecule has 1 fully saturated rings. The summed E-state index contributed by atoms with van der Waals surface area (Å²) in [7, 11) is -4.79. The first-order chi connectivity index (χ1) is 15.0. The highest BCUT2D eigenvalue weighted by atomic mass is 32.2. The zero-order chi connectivity index (χ0) is 23.9. The van der Waals surface area contributed by atoms with E-state index in [4.69, 9.17) is 10.1 Å². The van der Waals surface area contributed by atoms with Gasteiger partial charge in [0.15, 0.2) is 5.25 Å². The first-order valence-corrected chi connectivity index (χ1v) is 10.7. The van der Waals surface area contributed by atoms with Crippen molar-refractivity contribution in [3.63, 3.8) is 0 Å². The van der Waals surface area contributed by atoms with Crippen molar-refractivity contribution in [3.8, 4) is 5.75 Å². The van der Waals surface area contributed by atoms with E-state index in [0.717, 1.165) is 6.07 Å². The smallest absolute Gasteiger partial charge is 0.333 e. The van der Waals surface area contributed by atoms with Crippen LogP contribution >= 0.6 is 0 Å². The van der Waals surface area contributed by atoms with E-state index >= 15 is 0 Å². The van der Waals surface area contributed by atoms with Crippen molar-refractivity contribution in [1.29, 1.82) is 0 Å². The summed E-state index contributed by atoms with van der Waals surface area (Å²) >= 11 is 0. The lowest BCUT2D eigenvalue weighted by molar-refractivity contribution is -0.197. The quantitative estimate of drug-likeness (QED) is 0.111. The van der Waals surface area contributed by atoms with Crippen LogP contribution in [0.4, 0.5) is 5.69 Å². The molecule has 0 saturated carbocycles. The van der Waals surface area contributed by atoms with Gasteiger partial charge in [0.25, 0.3) is 27.8 Å². The number of nitrogens with zero attached hydrogens (tertiary/aromatic N) is 4. The first kappa shape index (κ1) is 24.6. The van der Waals surface area contributed by atoms with E-state index < -0.39 is 45.5 Å². The van der Waals surface area contributed by atoms with Crippen LogP contribution in [0.25, 0.3) is 10.4 Å². The fourth-order valence-electron chi connectivity index (χ4n) is 2.75. The second kappa shape index (κ2) is 10.6. The van der Waals surface area contributed by atoms with Gasteiger partial charge in [0.1, 0.15) is 5.75 Å². The average molecular weight is 469 g/mol. The van der Waals surface area contributed by atoms with Crippen LogP contribution in [0.2, 0.25) is 0 Å². The fraction of sp³-hybridized carbons (Fsp3) is 0.412. The molecule has 0 spiro atoms. The maximum absolute atomic E-state index is 12.0. The lowest BCUT2D eigenvalue weighted by atomic mass is 10.1. The fourth-order valence-corrected chi connectivity index (χ4v) is 3.46. The van der Waals surface area contributed by atoms with Crippen molar-refractivity contribution in [3.05, 3.63) is 34.2 Å². The molecule has 1 saturated heterocycles. The Morgan fingerprint density at radius 2 is 2.00 bits per heavy atom. The van der Waals surface area contributed by atoms with Crippen LogP contribution in [0.15, 0.2) is 23.3 Å². The third-order valence-corrected chi connectivity index (χ3v) is 5.43. The van der Waals surface area contributed by atoms with Gasteiger partial charge in [-0.3, -0.25) is 18.9 Å². The van der Waals surface area contributed by atoms with Crippen LogP contribution in [0.5, 0.6) is 5.75 Å². The van der Waals surface area contributed by atoms with Gasteiger partial charge >= 0.3 is 5.97 Å². The highest BCUT2D eigenvalue weighted by Gasteiger charge is 2.48. The summed E-state index contributed by atoms with van der Waals surface area (Å²) in [6.45, 7) is 0.227. The van der Waals surface area contributed by atoms with E-state index in [1.54, 1.807) is 0 Å². The van der Waals surface area contributed by atoms with E-state index in [1.807, 2.05) is 0 Å². The summed E-state index contributed by atoms with van der Waals surface area (Å²) in [4.78, 5) is 54.4. The number of unbranched alkanes of at least 4 members (excludes halogenated alkanes) is 2. The molecule has 1 heterocycles. The zero-order valence-electron chi connectivity index (χ0n) is 16.5. The molecule has 1 aliphatic heterocycles. The van der Waals surface area contributed by atoms with Gasteiger partial charge in [0.2, 0.25) is 0 Å². The molecule has 172 valence electrons. The molecule has 1 aromatic carbocycles. The molecule has 0 aliphatic carbocycles. The van der Waals surface area contributed by atoms with Crippen molar-refractivity contribution in [2.45, 2.75) is 37.4 Å². The number of imide groups is 1. The van der Waals surface area contributed by atoms with E-state index in [9.17, 15) is 32.7 Å². The Labute approximate surface area is 181 Å². The number of phenols is 1. The molecule has 14 nitrogen and oxygen atoms in total. The number of azide groups is 1. The number of phenolic OH excluding ortho intramolecular Hbond substituents is 1. The summed E-state index contributed by atoms with van der Waals surface area (Å²) in [6.07, 6.45) is 0.228. The van der Waals surface area contributed by atoms with E-state index in [2.05, 4.69) is 20.2 Å². The first-order valence-electron chi connectivity index (χ1n) is 9.24. The summed E-state index contributed by atoms with van der Waals surface area (Å²) < 4.78 is 31.0. The van der Waals surface area contributed by atoms with Crippen LogP contribution in [0.1, 0.15) is 42.5 Å². The Hall–Kier alpha value is -3.68. The maximum Gasteiger partial charge on any atom is 0.333 e. The van der Waals surface area contributed by atoms with Gasteiger partial charge in [-0.05, 0) is 30.5 Å². The molecular formula is C17H19N5O9S. The van der Waals surface area contributed by atoms with Gasteiger partial charge in [0, 0.05) is 23.6 Å². The molecule has 15 heteroatoms. The molecule has 0 radical (unpaired) electrons. The molecular weight excluding hydrogens is 450 g/mol. The molecule has 3 N–H and O–H groups in total. The highest BCUT2D eigenvalue weighted by molar-refractivity contribution is 7.87. The van der Waals surface area contributed by atoms with Gasteiger partial charge < -0.3 is 15.3 Å². The number of carbonyl (C=O) groups is 4. The Balaban J connectivity index is 1.69. The maximum atomic E-state index is 12.0. The minimum Gasteiger partial charge on any atom is -0.507 e. The summed E-state index contributed by atoms with van der Waals surface area (Å²) in [5.41, 5.74) is 8.50. The molecule has 0 bridgehead atoms. The molecule has 1 atom stereocenters. The second-order valence-corrected chi connectivity index (χ2v) is 8.25. The van der Waals surface area contributed by atoms with Crippen LogP contribution in [-0.4, -0.2) is 58.6 Å². The van der Waals surface area contributed by atoms with Crippen LogP contribution < -0.4 is 5.32 Å². The van der Waals surface area contributed by atoms with Crippen molar-refractivity contribution >= 4 is 39.5 Å². The van der Waals surface area contributed by atoms with Gasteiger partial charge in [0.05, 0.1) is 12.0 Å². The standard InChI is InChI=1S/C17H19N5O9S/c18-21-20-10-5-6-11(12(23)8-10)16(26)19-7-3-1-2-4-15(25)31-22-14(24)9-13(17(22)27)32(28,29)30/h5-6,8,13,23H,1-4,7,9H2,(H,19,26)(H,28,29,30)/t13-/m0/s1. The number of carbonyl (C=O) groups excluding carboxylic acids is 4. The predicted molar refractivity (Wildman–Crippen MR) is 106 cm³/mol. The largest absolute Gasteiger partial charge is 0.507 e. The number of rotatable bonds is 10. The molecule has 1 aromatic rings. The Kier molecular flexibility index (Phi) is 8.12. The summed E-state index contributed by atoms with van der Waals surface area (Å²) in [5.74, 6) is -4.21. The Morgan fingerprint density at radius 3 is 2.59 bits per heavy atom. The number of hydrogen-bond acceptors (Lipinski definition) is 9. The van der Waals surface area contributed by atoms with Crippen molar-refractivity contribution in [1.82, 2.24) is 10.4 Å². The molecule has 3 amide bonds. The van der Waals surface area contributed by atoms with Crippen molar-refractivity contribution in [2.24, 2.45) is 5.11 Å². The SMILES string of the molecule is [N-]=[N+]=Nc1ccc(C(=O)NCCCCCC(=O)ON2C(=O)C[C@H](S(=O)(=O)O)C2=O)c(O)c1. The zero-order valence-corrected chi connectivity index (χ0v) is 17.3. The lowest BCUT2D eigenvalue weighted by Gasteiger charge is -2.13. The molecule has 1 aliphatic rings. The Morgan fingerprint density at radius 1 is 1.28 bits per heavy atom. The van der Waals surface area contributed by atoms with Crippen molar-refractivity contribution < 1.29 is 42.1 Å². The van der Waals surface area contributed by atoms with Gasteiger partial charge in [-0.15, -0.1) is 5.06 Å². The summed E-state index contributed by atoms with van der Waals surface area (Å²) in [6, 6.07) is 3.82. The predicted octanol–water partition coefficient (Wildman–Crippen LogP) is 1.10. The van der Waals surface area contributed by atoms with Gasteiger partial charge in [-0.2, -0.15) is 8.42 Å². The van der Waals surface area contributed by atoms with Gasteiger partial charge in [-0.25, -0.2) is 4.79 Å². The number of benzene rings is 1. The number of amides is 3. The highest BCUT2D eigenvalue weighted by Crippen LogP contribution is 2.24. The van der Waals surface area contributed by atoms with E-state index in [0.29, 0.717) is 19.3 Å². The third kappa shape index (κ3) is 6.41. The Bertz CT molecular complexity index is 1080. The van der Waals surface area contributed by atoms with E-state index in [1.165, 1.54) is 12.1 Å².